The second-order valence-corrected chi connectivity index (χ2v) is 8.02. The van der Waals surface area contributed by atoms with Crippen molar-refractivity contribution in [3.63, 3.8) is 0 Å². The second-order valence-electron chi connectivity index (χ2n) is 6.11. The van der Waals surface area contributed by atoms with Gasteiger partial charge in [-0.05, 0) is 42.9 Å². The van der Waals surface area contributed by atoms with Crippen molar-refractivity contribution in [2.75, 3.05) is 18.8 Å². The summed E-state index contributed by atoms with van der Waals surface area (Å²) < 4.78 is 26.9. The molecule has 0 bridgehead atoms. The van der Waals surface area contributed by atoms with Crippen LogP contribution in [-0.4, -0.2) is 25.8 Å². The van der Waals surface area contributed by atoms with E-state index >= 15 is 0 Å². The zero-order chi connectivity index (χ0) is 15.0. The van der Waals surface area contributed by atoms with Crippen molar-refractivity contribution in [2.24, 2.45) is 5.41 Å². The summed E-state index contributed by atoms with van der Waals surface area (Å²) >= 11 is 0. The number of nitrogens with zero attached hydrogens (tertiary/aromatic N) is 1. The van der Waals surface area contributed by atoms with E-state index in [1.807, 2.05) is 6.92 Å². The SMILES string of the molecule is CCC1(C)CCN(S(=O)(=O)c2ccc(C)cc2N)CC1. The standard InChI is InChI=1S/C15H24N2O2S/c1-4-15(3)7-9-17(10-8-15)20(18,19)14-6-5-12(2)11-13(14)16/h5-6,11H,4,7-10,16H2,1-3H3. The van der Waals surface area contributed by atoms with Crippen LogP contribution in [0.25, 0.3) is 0 Å². The molecule has 2 N–H and O–H groups in total. The van der Waals surface area contributed by atoms with Gasteiger partial charge in [-0.2, -0.15) is 4.31 Å². The molecule has 0 amide bonds. The van der Waals surface area contributed by atoms with Gasteiger partial charge in [-0.3, -0.25) is 0 Å². The van der Waals surface area contributed by atoms with Gasteiger partial charge in [0.05, 0.1) is 5.69 Å². The Labute approximate surface area is 122 Å². The van der Waals surface area contributed by atoms with Crippen LogP contribution in [0.3, 0.4) is 0 Å². The van der Waals surface area contributed by atoms with Gasteiger partial charge in [-0.15, -0.1) is 0 Å². The van der Waals surface area contributed by atoms with E-state index < -0.39 is 10.0 Å². The summed E-state index contributed by atoms with van der Waals surface area (Å²) in [6, 6.07) is 5.13. The quantitative estimate of drug-likeness (QED) is 0.872. The molecule has 0 atom stereocenters. The summed E-state index contributed by atoms with van der Waals surface area (Å²) in [5.74, 6) is 0. The fourth-order valence-corrected chi connectivity index (χ4v) is 4.20. The minimum absolute atomic E-state index is 0.239. The Morgan fingerprint density at radius 3 is 2.40 bits per heavy atom. The average molecular weight is 296 g/mol. The Balaban J connectivity index is 2.24. The van der Waals surface area contributed by atoms with E-state index in [4.69, 9.17) is 5.73 Å². The van der Waals surface area contributed by atoms with E-state index in [0.717, 1.165) is 24.8 Å². The van der Waals surface area contributed by atoms with Crippen molar-refractivity contribution in [1.29, 1.82) is 0 Å². The van der Waals surface area contributed by atoms with Crippen molar-refractivity contribution in [3.05, 3.63) is 23.8 Å². The van der Waals surface area contributed by atoms with Gasteiger partial charge in [0.15, 0.2) is 0 Å². The maximum absolute atomic E-state index is 12.7. The van der Waals surface area contributed by atoms with E-state index in [2.05, 4.69) is 13.8 Å². The molecule has 0 saturated carbocycles. The van der Waals surface area contributed by atoms with E-state index in [1.54, 1.807) is 22.5 Å². The first-order valence-corrected chi connectivity index (χ1v) is 8.59. The molecule has 112 valence electrons. The van der Waals surface area contributed by atoms with Crippen molar-refractivity contribution in [1.82, 2.24) is 4.31 Å². The van der Waals surface area contributed by atoms with Gasteiger partial charge in [0.2, 0.25) is 10.0 Å². The third-order valence-corrected chi connectivity index (χ3v) is 6.54. The monoisotopic (exact) mass is 296 g/mol. The van der Waals surface area contributed by atoms with Gasteiger partial charge in [0, 0.05) is 13.1 Å². The number of hydrogen-bond acceptors (Lipinski definition) is 3. The molecular formula is C15H24N2O2S. The predicted molar refractivity (Wildman–Crippen MR) is 82.0 cm³/mol. The average Bonchev–Trinajstić information content (AvgIpc) is 2.39. The first-order valence-electron chi connectivity index (χ1n) is 7.15. The molecule has 1 heterocycles. The first-order chi connectivity index (χ1) is 9.28. The summed E-state index contributed by atoms with van der Waals surface area (Å²) in [7, 11) is -3.46. The minimum Gasteiger partial charge on any atom is -0.398 e. The minimum atomic E-state index is -3.46. The molecule has 1 aromatic rings. The molecule has 20 heavy (non-hydrogen) atoms. The fourth-order valence-electron chi connectivity index (χ4n) is 2.66. The Bertz CT molecular complexity index is 588. The summed E-state index contributed by atoms with van der Waals surface area (Å²) in [5.41, 5.74) is 7.47. The second kappa shape index (κ2) is 5.37. The maximum atomic E-state index is 12.7. The topological polar surface area (TPSA) is 63.4 Å². The summed E-state index contributed by atoms with van der Waals surface area (Å²) in [5, 5.41) is 0. The molecular weight excluding hydrogens is 272 g/mol. The normalized spacial score (nSPS) is 19.9. The number of benzene rings is 1. The van der Waals surface area contributed by atoms with Gasteiger partial charge in [0.25, 0.3) is 0 Å². The van der Waals surface area contributed by atoms with E-state index in [1.165, 1.54) is 0 Å². The van der Waals surface area contributed by atoms with Gasteiger partial charge in [-0.1, -0.05) is 26.3 Å². The van der Waals surface area contributed by atoms with Crippen LogP contribution in [0.5, 0.6) is 0 Å². The zero-order valence-electron chi connectivity index (χ0n) is 12.5. The Morgan fingerprint density at radius 2 is 1.90 bits per heavy atom. The van der Waals surface area contributed by atoms with Crippen LogP contribution in [0.2, 0.25) is 0 Å². The van der Waals surface area contributed by atoms with Crippen molar-refractivity contribution < 1.29 is 8.42 Å². The molecule has 2 rings (SSSR count). The number of anilines is 1. The number of nitrogens with two attached hydrogens (primary N) is 1. The molecule has 0 aliphatic carbocycles. The van der Waals surface area contributed by atoms with Crippen LogP contribution >= 0.6 is 0 Å². The van der Waals surface area contributed by atoms with Crippen LogP contribution in [0, 0.1) is 12.3 Å². The number of aryl methyl sites for hydroxylation is 1. The number of nitrogen functional groups attached to an aromatic ring is 1. The largest absolute Gasteiger partial charge is 0.398 e. The molecule has 1 saturated heterocycles. The molecule has 1 aromatic carbocycles. The van der Waals surface area contributed by atoms with Gasteiger partial charge < -0.3 is 5.73 Å². The summed E-state index contributed by atoms with van der Waals surface area (Å²) in [6.45, 7) is 7.47. The molecule has 1 aliphatic heterocycles. The highest BCUT2D eigenvalue weighted by Crippen LogP contribution is 2.36. The number of piperidine rings is 1. The zero-order valence-corrected chi connectivity index (χ0v) is 13.3. The lowest BCUT2D eigenvalue weighted by Crippen LogP contribution is -2.42. The predicted octanol–water partition coefficient (Wildman–Crippen LogP) is 2.78. The molecule has 1 fully saturated rings. The highest BCUT2D eigenvalue weighted by atomic mass is 32.2. The lowest BCUT2D eigenvalue weighted by Gasteiger charge is -2.38. The Hall–Kier alpha value is -1.07. The molecule has 0 spiro atoms. The highest BCUT2D eigenvalue weighted by Gasteiger charge is 2.34. The van der Waals surface area contributed by atoms with Gasteiger partial charge in [-0.25, -0.2) is 8.42 Å². The molecule has 1 aliphatic rings. The van der Waals surface area contributed by atoms with Gasteiger partial charge in [0.1, 0.15) is 4.90 Å². The Morgan fingerprint density at radius 1 is 1.30 bits per heavy atom. The van der Waals surface area contributed by atoms with Crippen LogP contribution < -0.4 is 5.73 Å². The van der Waals surface area contributed by atoms with E-state index in [9.17, 15) is 8.42 Å². The Kier molecular flexibility index (Phi) is 4.12. The van der Waals surface area contributed by atoms with Crippen LogP contribution in [0.15, 0.2) is 23.1 Å². The third kappa shape index (κ3) is 2.83. The summed E-state index contributed by atoms with van der Waals surface area (Å²) in [4.78, 5) is 0.239. The number of rotatable bonds is 3. The van der Waals surface area contributed by atoms with Crippen molar-refractivity contribution in [3.8, 4) is 0 Å². The maximum Gasteiger partial charge on any atom is 0.245 e. The van der Waals surface area contributed by atoms with Crippen molar-refractivity contribution >= 4 is 15.7 Å². The van der Waals surface area contributed by atoms with Crippen molar-refractivity contribution in [2.45, 2.75) is 44.9 Å². The molecule has 0 unspecified atom stereocenters. The molecule has 4 nitrogen and oxygen atoms in total. The first kappa shape index (κ1) is 15.3. The van der Waals surface area contributed by atoms with E-state index in [-0.39, 0.29) is 10.3 Å². The molecule has 0 radical (unpaired) electrons. The lowest BCUT2D eigenvalue weighted by molar-refractivity contribution is 0.169. The van der Waals surface area contributed by atoms with Crippen LogP contribution in [0.1, 0.15) is 38.7 Å². The smallest absolute Gasteiger partial charge is 0.245 e. The molecule has 0 aromatic heterocycles. The van der Waals surface area contributed by atoms with Crippen LogP contribution in [-0.2, 0) is 10.0 Å². The third-order valence-electron chi connectivity index (χ3n) is 4.57. The fraction of sp³-hybridized carbons (Fsp3) is 0.600. The highest BCUT2D eigenvalue weighted by molar-refractivity contribution is 7.89. The van der Waals surface area contributed by atoms with Gasteiger partial charge >= 0.3 is 0 Å². The van der Waals surface area contributed by atoms with E-state index in [0.29, 0.717) is 18.8 Å². The molecule has 5 heteroatoms. The lowest BCUT2D eigenvalue weighted by atomic mass is 9.79. The number of hydrogen-bond donors (Lipinski definition) is 1. The number of sulfonamides is 1. The summed E-state index contributed by atoms with van der Waals surface area (Å²) in [6.07, 6.45) is 2.91. The van der Waals surface area contributed by atoms with Crippen LogP contribution in [0.4, 0.5) is 5.69 Å².